The van der Waals surface area contributed by atoms with Crippen molar-refractivity contribution < 1.29 is 9.53 Å². The summed E-state index contributed by atoms with van der Waals surface area (Å²) in [5.41, 5.74) is 0. The molecule has 100 valence electrons. The zero-order valence-corrected chi connectivity index (χ0v) is 10.7. The summed E-state index contributed by atoms with van der Waals surface area (Å²) < 4.78 is 7.07. The van der Waals surface area contributed by atoms with E-state index in [9.17, 15) is 4.79 Å². The number of benzene rings is 1. The molecule has 0 bridgehead atoms. The van der Waals surface area contributed by atoms with E-state index in [0.29, 0.717) is 19.0 Å². The molecule has 19 heavy (non-hydrogen) atoms. The van der Waals surface area contributed by atoms with Crippen molar-refractivity contribution in [3.8, 4) is 5.75 Å². The molecule has 6 nitrogen and oxygen atoms in total. The molecule has 2 amide bonds. The molecular formula is C13H16N4O2. The van der Waals surface area contributed by atoms with E-state index in [2.05, 4.69) is 15.7 Å². The molecule has 1 heterocycles. The second-order valence-electron chi connectivity index (χ2n) is 3.92. The third-order valence-corrected chi connectivity index (χ3v) is 2.35. The van der Waals surface area contributed by atoms with E-state index < -0.39 is 0 Å². The van der Waals surface area contributed by atoms with Gasteiger partial charge in [-0.3, -0.25) is 10.00 Å². The summed E-state index contributed by atoms with van der Waals surface area (Å²) in [6.07, 6.45) is 1.76. The van der Waals surface area contributed by atoms with Crippen molar-refractivity contribution in [1.29, 1.82) is 0 Å². The first kappa shape index (κ1) is 12.9. The molecule has 1 aromatic heterocycles. The molecule has 0 spiro atoms. The van der Waals surface area contributed by atoms with E-state index in [0.717, 1.165) is 5.75 Å². The van der Waals surface area contributed by atoms with Crippen molar-refractivity contribution in [1.82, 2.24) is 15.1 Å². The van der Waals surface area contributed by atoms with E-state index in [1.165, 1.54) is 0 Å². The van der Waals surface area contributed by atoms with Gasteiger partial charge in [0.25, 0.3) is 0 Å². The van der Waals surface area contributed by atoms with Crippen molar-refractivity contribution >= 4 is 11.8 Å². The molecule has 0 saturated heterocycles. The number of hydrogen-bond donors (Lipinski definition) is 2. The number of aryl methyl sites for hydroxylation is 1. The zero-order chi connectivity index (χ0) is 13.5. The van der Waals surface area contributed by atoms with Crippen LogP contribution in [0.15, 0.2) is 42.6 Å². The van der Waals surface area contributed by atoms with Crippen molar-refractivity contribution in [2.75, 3.05) is 18.5 Å². The van der Waals surface area contributed by atoms with Gasteiger partial charge in [0.15, 0.2) is 5.82 Å². The maximum absolute atomic E-state index is 11.5. The first-order valence-corrected chi connectivity index (χ1v) is 5.96. The van der Waals surface area contributed by atoms with Gasteiger partial charge >= 0.3 is 6.03 Å². The lowest BCUT2D eigenvalue weighted by Gasteiger charge is -2.07. The maximum Gasteiger partial charge on any atom is 0.320 e. The number of ether oxygens (including phenoxy) is 1. The highest BCUT2D eigenvalue weighted by atomic mass is 16.5. The van der Waals surface area contributed by atoms with Crippen LogP contribution in [0.5, 0.6) is 5.75 Å². The van der Waals surface area contributed by atoms with Crippen LogP contribution in [0.25, 0.3) is 0 Å². The average Bonchev–Trinajstić information content (AvgIpc) is 2.81. The number of hydrogen-bond acceptors (Lipinski definition) is 3. The highest BCUT2D eigenvalue weighted by molar-refractivity contribution is 5.88. The van der Waals surface area contributed by atoms with Crippen LogP contribution in [-0.4, -0.2) is 29.0 Å². The van der Waals surface area contributed by atoms with Crippen LogP contribution < -0.4 is 15.4 Å². The van der Waals surface area contributed by atoms with Crippen LogP contribution in [0.3, 0.4) is 0 Å². The molecule has 0 unspecified atom stereocenters. The molecular weight excluding hydrogens is 244 g/mol. The number of amides is 2. The standard InChI is InChI=1S/C13H16N4O2/c1-17-9-7-12(16-17)15-13(18)14-8-10-19-11-5-3-2-4-6-11/h2-7,9H,8,10H2,1H3,(H2,14,15,16,18). The number of urea groups is 1. The van der Waals surface area contributed by atoms with Crippen molar-refractivity contribution in [3.05, 3.63) is 42.6 Å². The van der Waals surface area contributed by atoms with Crippen molar-refractivity contribution in [3.63, 3.8) is 0 Å². The van der Waals surface area contributed by atoms with E-state index in [1.807, 2.05) is 30.3 Å². The third-order valence-electron chi connectivity index (χ3n) is 2.35. The monoisotopic (exact) mass is 260 g/mol. The number of aromatic nitrogens is 2. The lowest BCUT2D eigenvalue weighted by molar-refractivity contribution is 0.247. The molecule has 0 fully saturated rings. The van der Waals surface area contributed by atoms with Gasteiger partial charge in [0, 0.05) is 19.3 Å². The molecule has 2 aromatic rings. The Kier molecular flexibility index (Phi) is 4.39. The SMILES string of the molecule is Cn1ccc(NC(=O)NCCOc2ccccc2)n1. The fourth-order valence-electron chi connectivity index (χ4n) is 1.49. The molecule has 2 N–H and O–H groups in total. The largest absolute Gasteiger partial charge is 0.492 e. The molecule has 0 radical (unpaired) electrons. The summed E-state index contributed by atoms with van der Waals surface area (Å²) in [4.78, 5) is 11.5. The maximum atomic E-state index is 11.5. The summed E-state index contributed by atoms with van der Waals surface area (Å²) in [6.45, 7) is 0.840. The second-order valence-corrected chi connectivity index (χ2v) is 3.92. The van der Waals surface area contributed by atoms with Crippen LogP contribution in [0, 0.1) is 0 Å². The van der Waals surface area contributed by atoms with Gasteiger partial charge < -0.3 is 10.1 Å². The number of carbonyl (C=O) groups is 1. The molecule has 0 aliphatic carbocycles. The minimum Gasteiger partial charge on any atom is -0.492 e. The Morgan fingerprint density at radius 1 is 1.32 bits per heavy atom. The smallest absolute Gasteiger partial charge is 0.320 e. The minimum atomic E-state index is -0.296. The number of rotatable bonds is 5. The number of nitrogens with one attached hydrogen (secondary N) is 2. The Bertz CT molecular complexity index is 524. The Morgan fingerprint density at radius 2 is 2.11 bits per heavy atom. The summed E-state index contributed by atoms with van der Waals surface area (Å²) in [5, 5.41) is 9.35. The van der Waals surface area contributed by atoms with Gasteiger partial charge in [0.2, 0.25) is 0 Å². The van der Waals surface area contributed by atoms with E-state index in [1.54, 1.807) is 24.0 Å². The molecule has 1 aromatic carbocycles. The highest BCUT2D eigenvalue weighted by Crippen LogP contribution is 2.07. The summed E-state index contributed by atoms with van der Waals surface area (Å²) >= 11 is 0. The summed E-state index contributed by atoms with van der Waals surface area (Å²) in [7, 11) is 1.79. The lowest BCUT2D eigenvalue weighted by atomic mass is 10.3. The van der Waals surface area contributed by atoms with Gasteiger partial charge in [-0.2, -0.15) is 5.10 Å². The number of carbonyl (C=O) groups excluding carboxylic acids is 1. The van der Waals surface area contributed by atoms with Crippen LogP contribution in [-0.2, 0) is 7.05 Å². The highest BCUT2D eigenvalue weighted by Gasteiger charge is 2.02. The quantitative estimate of drug-likeness (QED) is 0.803. The first-order valence-electron chi connectivity index (χ1n) is 5.96. The number of anilines is 1. The fraction of sp³-hybridized carbons (Fsp3) is 0.231. The van der Waals surface area contributed by atoms with E-state index in [4.69, 9.17) is 4.74 Å². The van der Waals surface area contributed by atoms with Gasteiger partial charge in [-0.05, 0) is 12.1 Å². The minimum absolute atomic E-state index is 0.296. The normalized spacial score (nSPS) is 9.95. The first-order chi connectivity index (χ1) is 9.24. The van der Waals surface area contributed by atoms with Crippen molar-refractivity contribution in [2.24, 2.45) is 7.05 Å². The van der Waals surface area contributed by atoms with Gasteiger partial charge in [-0.15, -0.1) is 0 Å². The molecule has 6 heteroatoms. The predicted octanol–water partition coefficient (Wildman–Crippen LogP) is 1.62. The number of nitrogens with zero attached hydrogens (tertiary/aromatic N) is 2. The zero-order valence-electron chi connectivity index (χ0n) is 10.7. The Hall–Kier alpha value is -2.50. The molecule has 0 atom stereocenters. The van der Waals surface area contributed by atoms with E-state index >= 15 is 0 Å². The van der Waals surface area contributed by atoms with E-state index in [-0.39, 0.29) is 6.03 Å². The number of para-hydroxylation sites is 1. The van der Waals surface area contributed by atoms with Gasteiger partial charge in [0.05, 0.1) is 6.54 Å². The van der Waals surface area contributed by atoms with Crippen LogP contribution in [0.1, 0.15) is 0 Å². The molecule has 0 aliphatic rings. The Labute approximate surface area is 111 Å². The molecule has 2 rings (SSSR count). The van der Waals surface area contributed by atoms with Crippen molar-refractivity contribution in [2.45, 2.75) is 0 Å². The van der Waals surface area contributed by atoms with Crippen LogP contribution >= 0.6 is 0 Å². The average molecular weight is 260 g/mol. The summed E-state index contributed by atoms with van der Waals surface area (Å²) in [5.74, 6) is 1.30. The molecule has 0 aliphatic heterocycles. The van der Waals surface area contributed by atoms with Gasteiger partial charge in [0.1, 0.15) is 12.4 Å². The van der Waals surface area contributed by atoms with Crippen LogP contribution in [0.4, 0.5) is 10.6 Å². The Morgan fingerprint density at radius 3 is 2.79 bits per heavy atom. The lowest BCUT2D eigenvalue weighted by Crippen LogP contribution is -2.32. The summed E-state index contributed by atoms with van der Waals surface area (Å²) in [6, 6.07) is 10.9. The predicted molar refractivity (Wildman–Crippen MR) is 72.2 cm³/mol. The van der Waals surface area contributed by atoms with Gasteiger partial charge in [-0.25, -0.2) is 4.79 Å². The van der Waals surface area contributed by atoms with Gasteiger partial charge in [-0.1, -0.05) is 18.2 Å². The third kappa shape index (κ3) is 4.34. The molecule has 0 saturated carbocycles. The Balaban J connectivity index is 1.64. The fourth-order valence-corrected chi connectivity index (χ4v) is 1.49. The van der Waals surface area contributed by atoms with Crippen LogP contribution in [0.2, 0.25) is 0 Å². The second kappa shape index (κ2) is 6.44. The topological polar surface area (TPSA) is 68.2 Å².